The van der Waals surface area contributed by atoms with E-state index in [1.165, 1.54) is 11.8 Å². The van der Waals surface area contributed by atoms with Crippen LogP contribution >= 0.6 is 23.1 Å². The predicted molar refractivity (Wildman–Crippen MR) is 130 cm³/mol. The van der Waals surface area contributed by atoms with Gasteiger partial charge in [-0.25, -0.2) is 4.98 Å². The number of aromatic nitrogens is 3. The van der Waals surface area contributed by atoms with E-state index in [2.05, 4.69) is 15.5 Å². The molecule has 4 rings (SSSR count). The van der Waals surface area contributed by atoms with Crippen LogP contribution in [0.3, 0.4) is 0 Å². The van der Waals surface area contributed by atoms with Gasteiger partial charge < -0.3 is 10.1 Å². The highest BCUT2D eigenvalue weighted by atomic mass is 32.2. The van der Waals surface area contributed by atoms with Crippen LogP contribution in [0.15, 0.2) is 65.7 Å². The summed E-state index contributed by atoms with van der Waals surface area (Å²) in [5.41, 5.74) is 4.61. The van der Waals surface area contributed by atoms with Crippen LogP contribution in [0.4, 0.5) is 5.69 Å². The number of carbonyl (C=O) groups excluding carboxylic acids is 1. The molecule has 0 aliphatic rings. The third-order valence-electron chi connectivity index (χ3n) is 4.67. The van der Waals surface area contributed by atoms with E-state index in [1.54, 1.807) is 18.4 Å². The number of nitrogens with zero attached hydrogens (tertiary/aromatic N) is 3. The van der Waals surface area contributed by atoms with E-state index in [4.69, 9.17) is 9.72 Å². The zero-order valence-corrected chi connectivity index (χ0v) is 19.6. The number of hydrogen-bond donors (Lipinski definition) is 1. The van der Waals surface area contributed by atoms with Gasteiger partial charge in [-0.05, 0) is 50.2 Å². The van der Waals surface area contributed by atoms with Gasteiger partial charge in [-0.3, -0.25) is 4.79 Å². The molecular formula is C24H22N4O2S2. The van der Waals surface area contributed by atoms with Gasteiger partial charge in [0.2, 0.25) is 5.91 Å². The minimum atomic E-state index is -0.0778. The first-order valence-electron chi connectivity index (χ1n) is 9.97. The smallest absolute Gasteiger partial charge is 0.234 e. The van der Waals surface area contributed by atoms with E-state index >= 15 is 0 Å². The fourth-order valence-corrected chi connectivity index (χ4v) is 4.65. The van der Waals surface area contributed by atoms with Crippen LogP contribution in [0.25, 0.3) is 21.1 Å². The largest absolute Gasteiger partial charge is 0.497 e. The van der Waals surface area contributed by atoms with Gasteiger partial charge in [0, 0.05) is 11.3 Å². The molecule has 162 valence electrons. The normalized spacial score (nSPS) is 10.7. The summed E-state index contributed by atoms with van der Waals surface area (Å²) < 4.78 is 5.31. The predicted octanol–water partition coefficient (Wildman–Crippen LogP) is 5.62. The molecule has 0 spiro atoms. The summed E-state index contributed by atoms with van der Waals surface area (Å²) in [7, 11) is 1.65. The zero-order chi connectivity index (χ0) is 22.5. The molecule has 0 unspecified atom stereocenters. The summed E-state index contributed by atoms with van der Waals surface area (Å²) in [5.74, 6) is 0.983. The highest BCUT2D eigenvalue weighted by Gasteiger charge is 2.14. The molecule has 0 radical (unpaired) electrons. The van der Waals surface area contributed by atoms with Gasteiger partial charge in [0.1, 0.15) is 21.5 Å². The third-order valence-corrected chi connectivity index (χ3v) is 6.82. The highest BCUT2D eigenvalue weighted by Crippen LogP contribution is 2.35. The number of benzene rings is 2. The van der Waals surface area contributed by atoms with Crippen molar-refractivity contribution in [1.29, 1.82) is 0 Å². The Balaban J connectivity index is 1.40. The minimum Gasteiger partial charge on any atom is -0.497 e. The lowest BCUT2D eigenvalue weighted by Gasteiger charge is -2.05. The average Bonchev–Trinajstić information content (AvgIpc) is 3.21. The van der Waals surface area contributed by atoms with Crippen molar-refractivity contribution in [2.45, 2.75) is 18.9 Å². The van der Waals surface area contributed by atoms with Crippen molar-refractivity contribution in [3.05, 3.63) is 71.9 Å². The van der Waals surface area contributed by atoms with E-state index in [0.29, 0.717) is 5.03 Å². The van der Waals surface area contributed by atoms with Crippen molar-refractivity contribution in [3.8, 4) is 26.9 Å². The maximum atomic E-state index is 12.2. The number of methoxy groups -OCH3 is 1. The molecule has 0 saturated heterocycles. The van der Waals surface area contributed by atoms with Crippen LogP contribution in [0.2, 0.25) is 0 Å². The maximum Gasteiger partial charge on any atom is 0.234 e. The number of anilines is 1. The highest BCUT2D eigenvalue weighted by molar-refractivity contribution is 7.99. The Morgan fingerprint density at radius 3 is 2.59 bits per heavy atom. The number of hydrogen-bond acceptors (Lipinski definition) is 7. The van der Waals surface area contributed by atoms with Gasteiger partial charge in [-0.2, -0.15) is 0 Å². The molecule has 1 amide bonds. The molecule has 2 aromatic heterocycles. The number of aryl methyl sites for hydroxylation is 2. The van der Waals surface area contributed by atoms with E-state index in [9.17, 15) is 4.79 Å². The number of thioether (sulfide) groups is 1. The second-order valence-electron chi connectivity index (χ2n) is 7.13. The Labute approximate surface area is 195 Å². The quantitative estimate of drug-likeness (QED) is 0.359. The van der Waals surface area contributed by atoms with Crippen molar-refractivity contribution >= 4 is 34.7 Å². The van der Waals surface area contributed by atoms with Crippen LogP contribution in [0.1, 0.15) is 11.3 Å². The standard InChI is InChI=1S/C24H22N4O2S2/c1-15-7-9-18(10-8-15)26-21(29)14-31-22-12-11-20(27-28-22)23-16(2)25-24(32-23)17-5-4-6-19(13-17)30-3/h4-13H,14H2,1-3H3,(H,26,29). The summed E-state index contributed by atoms with van der Waals surface area (Å²) in [4.78, 5) is 17.9. The van der Waals surface area contributed by atoms with Gasteiger partial charge in [0.05, 0.1) is 23.4 Å². The molecule has 0 saturated carbocycles. The fraction of sp³-hybridized carbons (Fsp3) is 0.167. The fourth-order valence-electron chi connectivity index (χ4n) is 3.01. The molecular weight excluding hydrogens is 440 g/mol. The van der Waals surface area contributed by atoms with Crippen LogP contribution < -0.4 is 10.1 Å². The van der Waals surface area contributed by atoms with Crippen molar-refractivity contribution in [1.82, 2.24) is 15.2 Å². The average molecular weight is 463 g/mol. The molecule has 0 fully saturated rings. The van der Waals surface area contributed by atoms with Gasteiger partial charge >= 0.3 is 0 Å². The topological polar surface area (TPSA) is 77.0 Å². The van der Waals surface area contributed by atoms with Gasteiger partial charge in [0.25, 0.3) is 0 Å². The van der Waals surface area contributed by atoms with Crippen molar-refractivity contribution < 1.29 is 9.53 Å². The summed E-state index contributed by atoms with van der Waals surface area (Å²) in [6, 6.07) is 19.4. The molecule has 0 aliphatic carbocycles. The summed E-state index contributed by atoms with van der Waals surface area (Å²) >= 11 is 2.92. The third kappa shape index (κ3) is 5.33. The molecule has 4 aromatic rings. The molecule has 0 aliphatic heterocycles. The molecule has 2 aromatic carbocycles. The first-order chi connectivity index (χ1) is 15.5. The number of nitrogens with one attached hydrogen (secondary N) is 1. The van der Waals surface area contributed by atoms with Crippen molar-refractivity contribution in [3.63, 3.8) is 0 Å². The van der Waals surface area contributed by atoms with E-state index < -0.39 is 0 Å². The number of thiazole rings is 1. The summed E-state index contributed by atoms with van der Waals surface area (Å²) in [5, 5.41) is 13.1. The Morgan fingerprint density at radius 1 is 1.06 bits per heavy atom. The Bertz CT molecular complexity index is 1220. The molecule has 1 N–H and O–H groups in total. The maximum absolute atomic E-state index is 12.2. The Kier molecular flexibility index (Phi) is 6.82. The number of ether oxygens (including phenoxy) is 1. The van der Waals surface area contributed by atoms with Crippen LogP contribution in [-0.4, -0.2) is 34.0 Å². The molecule has 8 heteroatoms. The molecule has 0 atom stereocenters. The lowest BCUT2D eigenvalue weighted by molar-refractivity contribution is -0.113. The number of carbonyl (C=O) groups is 1. The second kappa shape index (κ2) is 9.93. The Morgan fingerprint density at radius 2 is 1.88 bits per heavy atom. The van der Waals surface area contributed by atoms with Gasteiger partial charge in [-0.15, -0.1) is 21.5 Å². The molecule has 6 nitrogen and oxygen atoms in total. The molecule has 32 heavy (non-hydrogen) atoms. The van der Waals surface area contributed by atoms with Crippen LogP contribution in [0.5, 0.6) is 5.75 Å². The van der Waals surface area contributed by atoms with Crippen molar-refractivity contribution in [2.24, 2.45) is 0 Å². The zero-order valence-electron chi connectivity index (χ0n) is 18.0. The Hall–Kier alpha value is -3.23. The summed E-state index contributed by atoms with van der Waals surface area (Å²) in [6.45, 7) is 3.98. The van der Waals surface area contributed by atoms with Crippen LogP contribution in [0, 0.1) is 13.8 Å². The van der Waals surface area contributed by atoms with E-state index in [1.807, 2.05) is 74.5 Å². The lowest BCUT2D eigenvalue weighted by atomic mass is 10.2. The molecule has 0 bridgehead atoms. The molecule has 2 heterocycles. The second-order valence-corrected chi connectivity index (χ2v) is 9.12. The first-order valence-corrected chi connectivity index (χ1v) is 11.8. The minimum absolute atomic E-state index is 0.0778. The number of amides is 1. The first kappa shape index (κ1) is 22.0. The van der Waals surface area contributed by atoms with Gasteiger partial charge in [-0.1, -0.05) is 41.6 Å². The van der Waals surface area contributed by atoms with Gasteiger partial charge in [0.15, 0.2) is 0 Å². The van der Waals surface area contributed by atoms with E-state index in [0.717, 1.165) is 43.8 Å². The SMILES string of the molecule is COc1cccc(-c2nc(C)c(-c3ccc(SCC(=O)Nc4ccc(C)cc4)nn3)s2)c1. The van der Waals surface area contributed by atoms with Crippen LogP contribution in [-0.2, 0) is 4.79 Å². The van der Waals surface area contributed by atoms with E-state index in [-0.39, 0.29) is 11.7 Å². The number of rotatable bonds is 7. The van der Waals surface area contributed by atoms with Crippen molar-refractivity contribution in [2.75, 3.05) is 18.2 Å². The lowest BCUT2D eigenvalue weighted by Crippen LogP contribution is -2.14. The monoisotopic (exact) mass is 462 g/mol. The summed E-state index contributed by atoms with van der Waals surface area (Å²) in [6.07, 6.45) is 0.